The van der Waals surface area contributed by atoms with Crippen molar-refractivity contribution in [3.8, 4) is 0 Å². The predicted octanol–water partition coefficient (Wildman–Crippen LogP) is 4.11. The van der Waals surface area contributed by atoms with Crippen molar-refractivity contribution in [2.24, 2.45) is 4.99 Å². The van der Waals surface area contributed by atoms with Gasteiger partial charge in [-0.3, -0.25) is 4.99 Å². The summed E-state index contributed by atoms with van der Waals surface area (Å²) in [7, 11) is 0. The van der Waals surface area contributed by atoms with Crippen molar-refractivity contribution >= 4 is 29.9 Å². The molecule has 27 heavy (non-hydrogen) atoms. The second-order valence-electron chi connectivity index (χ2n) is 7.19. The second kappa shape index (κ2) is 15.1. The van der Waals surface area contributed by atoms with Crippen molar-refractivity contribution in [1.82, 2.24) is 16.0 Å². The smallest absolute Gasteiger partial charge is 0.191 e. The lowest BCUT2D eigenvalue weighted by Gasteiger charge is -2.29. The van der Waals surface area contributed by atoms with Crippen LogP contribution in [0.3, 0.4) is 0 Å². The highest BCUT2D eigenvalue weighted by Crippen LogP contribution is 2.16. The van der Waals surface area contributed by atoms with Crippen LogP contribution in [0.5, 0.6) is 0 Å². The Balaban J connectivity index is 0.00000676. The van der Waals surface area contributed by atoms with E-state index in [2.05, 4.69) is 67.9 Å². The number of hydrogen-bond donors (Lipinski definition) is 3. The van der Waals surface area contributed by atoms with Gasteiger partial charge in [-0.05, 0) is 53.0 Å². The monoisotopic (exact) mass is 490 g/mol. The minimum Gasteiger partial charge on any atom is -0.382 e. The largest absolute Gasteiger partial charge is 0.382 e. The van der Waals surface area contributed by atoms with Gasteiger partial charge in [0.25, 0.3) is 0 Å². The van der Waals surface area contributed by atoms with Gasteiger partial charge in [0.05, 0.1) is 6.54 Å². The summed E-state index contributed by atoms with van der Waals surface area (Å²) in [5.74, 6) is 0.881. The molecule has 0 radical (unpaired) electrons. The fourth-order valence-corrected chi connectivity index (χ4v) is 2.76. The van der Waals surface area contributed by atoms with Gasteiger partial charge in [0, 0.05) is 37.9 Å². The molecule has 1 unspecified atom stereocenters. The van der Waals surface area contributed by atoms with E-state index in [9.17, 15) is 0 Å². The summed E-state index contributed by atoms with van der Waals surface area (Å²) in [6.07, 6.45) is 2.15. The maximum absolute atomic E-state index is 5.37. The average molecular weight is 490 g/mol. The molecule has 1 rings (SSSR count). The van der Waals surface area contributed by atoms with Gasteiger partial charge in [-0.1, -0.05) is 30.3 Å². The van der Waals surface area contributed by atoms with Crippen LogP contribution < -0.4 is 16.0 Å². The van der Waals surface area contributed by atoms with Crippen LogP contribution in [0, 0.1) is 0 Å². The molecule has 156 valence electrons. The molecule has 0 amide bonds. The summed E-state index contributed by atoms with van der Waals surface area (Å²) in [4.78, 5) is 4.77. The van der Waals surface area contributed by atoms with Crippen molar-refractivity contribution in [3.05, 3.63) is 35.9 Å². The Morgan fingerprint density at radius 3 is 2.44 bits per heavy atom. The number of guanidine groups is 1. The van der Waals surface area contributed by atoms with Crippen LogP contribution in [-0.4, -0.2) is 44.3 Å². The fraction of sp³-hybridized carbons (Fsp3) is 0.667. The zero-order chi connectivity index (χ0) is 19.3. The maximum atomic E-state index is 5.37. The molecule has 5 nitrogen and oxygen atoms in total. The molecule has 1 atom stereocenters. The third-order valence-corrected chi connectivity index (χ3v) is 4.10. The topological polar surface area (TPSA) is 57.7 Å². The Morgan fingerprint density at radius 1 is 1.11 bits per heavy atom. The van der Waals surface area contributed by atoms with Crippen molar-refractivity contribution in [3.63, 3.8) is 0 Å². The van der Waals surface area contributed by atoms with Crippen LogP contribution in [0.15, 0.2) is 35.3 Å². The number of halogens is 1. The molecule has 1 aromatic rings. The molecule has 0 saturated carbocycles. The normalized spacial score (nSPS) is 13.0. The summed E-state index contributed by atoms with van der Waals surface area (Å²) < 4.78 is 5.37. The number of rotatable bonds is 12. The van der Waals surface area contributed by atoms with E-state index in [1.54, 1.807) is 0 Å². The number of nitrogens with one attached hydrogen (secondary N) is 3. The summed E-state index contributed by atoms with van der Waals surface area (Å²) in [6.45, 7) is 14.8. The molecule has 1 aromatic carbocycles. The number of aliphatic imine (C=N–C) groups is 1. The highest BCUT2D eigenvalue weighted by Gasteiger charge is 2.20. The lowest BCUT2D eigenvalue weighted by Crippen LogP contribution is -2.45. The van der Waals surface area contributed by atoms with Gasteiger partial charge < -0.3 is 20.7 Å². The molecule has 0 spiro atoms. The summed E-state index contributed by atoms with van der Waals surface area (Å²) in [6, 6.07) is 10.8. The molecule has 0 bridgehead atoms. The van der Waals surface area contributed by atoms with Crippen molar-refractivity contribution < 1.29 is 4.74 Å². The Hall–Kier alpha value is -0.860. The Bertz CT molecular complexity index is 508. The third-order valence-electron chi connectivity index (χ3n) is 4.10. The van der Waals surface area contributed by atoms with Crippen molar-refractivity contribution in [2.45, 2.75) is 59.0 Å². The van der Waals surface area contributed by atoms with Gasteiger partial charge in [-0.15, -0.1) is 24.0 Å². The van der Waals surface area contributed by atoms with E-state index in [-0.39, 0.29) is 35.6 Å². The number of benzene rings is 1. The first kappa shape index (κ1) is 26.1. The molecule has 0 fully saturated rings. The first-order chi connectivity index (χ1) is 12.5. The summed E-state index contributed by atoms with van der Waals surface area (Å²) >= 11 is 0. The minimum absolute atomic E-state index is 0. The van der Waals surface area contributed by atoms with E-state index < -0.39 is 0 Å². The van der Waals surface area contributed by atoms with Crippen molar-refractivity contribution in [2.75, 3.05) is 32.8 Å². The molecule has 0 aliphatic heterocycles. The molecule has 0 aliphatic rings. The van der Waals surface area contributed by atoms with Crippen LogP contribution in [0.4, 0.5) is 0 Å². The fourth-order valence-electron chi connectivity index (χ4n) is 2.76. The molecule has 0 aromatic heterocycles. The predicted molar refractivity (Wildman–Crippen MR) is 127 cm³/mol. The van der Waals surface area contributed by atoms with Gasteiger partial charge >= 0.3 is 0 Å². The van der Waals surface area contributed by atoms with E-state index in [0.717, 1.165) is 45.1 Å². The minimum atomic E-state index is -0.0907. The highest BCUT2D eigenvalue weighted by atomic mass is 127. The van der Waals surface area contributed by atoms with Crippen LogP contribution in [0.1, 0.15) is 59.1 Å². The highest BCUT2D eigenvalue weighted by molar-refractivity contribution is 14.0. The first-order valence-corrected chi connectivity index (χ1v) is 9.91. The van der Waals surface area contributed by atoms with Gasteiger partial charge in [-0.2, -0.15) is 0 Å². The number of hydrogen-bond acceptors (Lipinski definition) is 3. The van der Waals surface area contributed by atoms with E-state index in [4.69, 9.17) is 9.73 Å². The Kier molecular flexibility index (Phi) is 14.6. The SMILES string of the molecule is CCNC(=NCC(C)(C)NC(C)c1ccccc1)NCCCCOCC.I. The summed E-state index contributed by atoms with van der Waals surface area (Å²) in [5, 5.41) is 10.4. The molecule has 0 heterocycles. The first-order valence-electron chi connectivity index (χ1n) is 9.91. The molecule has 6 heteroatoms. The Morgan fingerprint density at radius 2 is 1.81 bits per heavy atom. The average Bonchev–Trinajstić information content (AvgIpc) is 2.63. The van der Waals surface area contributed by atoms with Crippen LogP contribution in [0.25, 0.3) is 0 Å². The number of nitrogens with zero attached hydrogens (tertiary/aromatic N) is 1. The third kappa shape index (κ3) is 12.3. The van der Waals surface area contributed by atoms with Crippen LogP contribution in [0.2, 0.25) is 0 Å². The molecule has 0 saturated heterocycles. The van der Waals surface area contributed by atoms with Crippen LogP contribution >= 0.6 is 24.0 Å². The zero-order valence-corrected chi connectivity index (χ0v) is 20.0. The number of unbranched alkanes of at least 4 members (excludes halogenated alkanes) is 1. The molecule has 3 N–H and O–H groups in total. The lowest BCUT2D eigenvalue weighted by molar-refractivity contribution is 0.143. The van der Waals surface area contributed by atoms with Crippen molar-refractivity contribution in [1.29, 1.82) is 0 Å². The standard InChI is InChI=1S/C21H38N4O.HI/c1-6-22-20(23-15-11-12-16-26-7-2)24-17-21(4,5)25-18(3)19-13-9-8-10-14-19;/h8-10,13-14,18,25H,6-7,11-12,15-17H2,1-5H3,(H2,22,23,24);1H. The quantitative estimate of drug-likeness (QED) is 0.179. The lowest BCUT2D eigenvalue weighted by atomic mass is 10.0. The molecular formula is C21H39IN4O. The maximum Gasteiger partial charge on any atom is 0.191 e. The number of ether oxygens (including phenoxy) is 1. The summed E-state index contributed by atoms with van der Waals surface area (Å²) in [5.41, 5.74) is 1.20. The van der Waals surface area contributed by atoms with Gasteiger partial charge in [0.1, 0.15) is 0 Å². The van der Waals surface area contributed by atoms with Gasteiger partial charge in [0.2, 0.25) is 0 Å². The van der Waals surface area contributed by atoms with Gasteiger partial charge in [0.15, 0.2) is 5.96 Å². The second-order valence-corrected chi connectivity index (χ2v) is 7.19. The Labute approximate surface area is 183 Å². The van der Waals surface area contributed by atoms with E-state index in [1.807, 2.05) is 13.0 Å². The van der Waals surface area contributed by atoms with Crippen LogP contribution in [-0.2, 0) is 4.74 Å². The van der Waals surface area contributed by atoms with E-state index >= 15 is 0 Å². The molecular weight excluding hydrogens is 451 g/mol. The van der Waals surface area contributed by atoms with E-state index in [0.29, 0.717) is 6.54 Å². The van der Waals surface area contributed by atoms with E-state index in [1.165, 1.54) is 5.56 Å². The van der Waals surface area contributed by atoms with Gasteiger partial charge in [-0.25, -0.2) is 0 Å². The zero-order valence-electron chi connectivity index (χ0n) is 17.7. The molecule has 0 aliphatic carbocycles.